The van der Waals surface area contributed by atoms with Gasteiger partial charge in [-0.3, -0.25) is 4.79 Å². The molecule has 0 radical (unpaired) electrons. The molecule has 110 valence electrons. The lowest BCUT2D eigenvalue weighted by molar-refractivity contribution is -0.148. The number of ether oxygens (including phenoxy) is 1. The monoisotopic (exact) mass is 274 g/mol. The van der Waals surface area contributed by atoms with Crippen LogP contribution in [0.4, 0.5) is 0 Å². The Bertz CT molecular complexity index is 464. The number of benzene rings is 1. The van der Waals surface area contributed by atoms with E-state index in [2.05, 4.69) is 27.7 Å². The fourth-order valence-corrected chi connectivity index (χ4v) is 3.12. The molecule has 0 N–H and O–H groups in total. The number of hydrogen-bond donors (Lipinski definition) is 0. The van der Waals surface area contributed by atoms with E-state index in [0.717, 1.165) is 12.0 Å². The van der Waals surface area contributed by atoms with Crippen LogP contribution in [0, 0.1) is 16.7 Å². The summed E-state index contributed by atoms with van der Waals surface area (Å²) >= 11 is 0. The predicted molar refractivity (Wildman–Crippen MR) is 81.4 cm³/mol. The molecular weight excluding hydrogens is 248 g/mol. The molecule has 20 heavy (non-hydrogen) atoms. The Labute approximate surface area is 122 Å². The Kier molecular flexibility index (Phi) is 4.22. The van der Waals surface area contributed by atoms with Gasteiger partial charge < -0.3 is 4.74 Å². The molecule has 2 unspecified atom stereocenters. The van der Waals surface area contributed by atoms with Crippen molar-refractivity contribution >= 4 is 5.97 Å². The molecular formula is C18H26O2. The zero-order valence-electron chi connectivity index (χ0n) is 13.1. The largest absolute Gasteiger partial charge is 0.465 e. The topological polar surface area (TPSA) is 26.3 Å². The van der Waals surface area contributed by atoms with Crippen molar-refractivity contribution in [2.45, 2.75) is 47.0 Å². The molecule has 0 amide bonds. The van der Waals surface area contributed by atoms with Crippen molar-refractivity contribution in [3.63, 3.8) is 0 Å². The lowest BCUT2D eigenvalue weighted by atomic mass is 9.66. The number of esters is 1. The second-order valence-electron chi connectivity index (χ2n) is 7.05. The van der Waals surface area contributed by atoms with Crippen LogP contribution in [-0.2, 0) is 16.0 Å². The molecule has 1 aliphatic carbocycles. The average Bonchev–Trinajstić information content (AvgIpc) is 2.62. The molecule has 0 aliphatic heterocycles. The Hall–Kier alpha value is -1.31. The molecule has 0 bridgehead atoms. The number of rotatable bonds is 4. The van der Waals surface area contributed by atoms with Crippen molar-refractivity contribution in [1.29, 1.82) is 0 Å². The normalized spacial score (nSPS) is 28.3. The van der Waals surface area contributed by atoms with Gasteiger partial charge in [0.2, 0.25) is 0 Å². The molecule has 0 saturated heterocycles. The van der Waals surface area contributed by atoms with E-state index in [1.165, 1.54) is 6.42 Å². The van der Waals surface area contributed by atoms with Crippen molar-refractivity contribution in [3.05, 3.63) is 35.9 Å². The summed E-state index contributed by atoms with van der Waals surface area (Å²) in [6, 6.07) is 9.78. The molecule has 2 heteroatoms. The van der Waals surface area contributed by atoms with Crippen LogP contribution in [-0.4, -0.2) is 12.6 Å². The molecule has 2 rings (SSSR count). The molecule has 0 spiro atoms. The van der Waals surface area contributed by atoms with Crippen LogP contribution in [0.2, 0.25) is 0 Å². The minimum Gasteiger partial charge on any atom is -0.465 e. The third kappa shape index (κ3) is 2.89. The van der Waals surface area contributed by atoms with E-state index < -0.39 is 0 Å². The van der Waals surface area contributed by atoms with E-state index in [4.69, 9.17) is 4.74 Å². The van der Waals surface area contributed by atoms with Gasteiger partial charge in [-0.1, -0.05) is 58.0 Å². The lowest BCUT2D eigenvalue weighted by Crippen LogP contribution is -2.38. The van der Waals surface area contributed by atoms with Crippen molar-refractivity contribution in [2.24, 2.45) is 16.7 Å². The Morgan fingerprint density at radius 3 is 2.45 bits per heavy atom. The van der Waals surface area contributed by atoms with Crippen LogP contribution in [0.1, 0.15) is 46.1 Å². The van der Waals surface area contributed by atoms with Gasteiger partial charge in [0.05, 0.1) is 13.0 Å². The first kappa shape index (κ1) is 15.1. The van der Waals surface area contributed by atoms with E-state index in [1.54, 1.807) is 0 Å². The fraction of sp³-hybridized carbons (Fsp3) is 0.611. The summed E-state index contributed by atoms with van der Waals surface area (Å²) in [7, 11) is 0. The standard InChI is InChI=1S/C18H26O2/c1-14-10-11-18(4,17(14,2)3)13-20-16(19)12-15-8-6-5-7-9-15/h5-9,14H,10-13H2,1-4H3. The molecule has 0 heterocycles. The minimum absolute atomic E-state index is 0.0960. The summed E-state index contributed by atoms with van der Waals surface area (Å²) in [5.41, 5.74) is 1.33. The Morgan fingerprint density at radius 2 is 1.90 bits per heavy atom. The molecule has 1 aliphatic rings. The third-order valence-electron chi connectivity index (χ3n) is 5.66. The second kappa shape index (κ2) is 5.59. The highest BCUT2D eigenvalue weighted by Crippen LogP contribution is 2.55. The van der Waals surface area contributed by atoms with E-state index in [-0.39, 0.29) is 16.8 Å². The van der Waals surface area contributed by atoms with Crippen molar-refractivity contribution < 1.29 is 9.53 Å². The molecule has 1 aromatic carbocycles. The van der Waals surface area contributed by atoms with Crippen molar-refractivity contribution in [2.75, 3.05) is 6.61 Å². The van der Waals surface area contributed by atoms with E-state index >= 15 is 0 Å². The maximum atomic E-state index is 12.0. The van der Waals surface area contributed by atoms with Gasteiger partial charge in [-0.05, 0) is 29.7 Å². The highest BCUT2D eigenvalue weighted by molar-refractivity contribution is 5.72. The molecule has 2 nitrogen and oxygen atoms in total. The molecule has 0 aromatic heterocycles. The van der Waals surface area contributed by atoms with Gasteiger partial charge >= 0.3 is 5.97 Å². The number of carbonyl (C=O) groups is 1. The first-order chi connectivity index (χ1) is 9.35. The van der Waals surface area contributed by atoms with Gasteiger partial charge in [-0.15, -0.1) is 0 Å². The van der Waals surface area contributed by atoms with Crippen molar-refractivity contribution in [1.82, 2.24) is 0 Å². The van der Waals surface area contributed by atoms with Gasteiger partial charge in [-0.2, -0.15) is 0 Å². The lowest BCUT2D eigenvalue weighted by Gasteiger charge is -2.40. The highest BCUT2D eigenvalue weighted by Gasteiger charge is 2.50. The molecule has 1 aromatic rings. The highest BCUT2D eigenvalue weighted by atomic mass is 16.5. The minimum atomic E-state index is -0.118. The van der Waals surface area contributed by atoms with Crippen LogP contribution in [0.15, 0.2) is 30.3 Å². The summed E-state index contributed by atoms with van der Waals surface area (Å²) in [4.78, 5) is 12.0. The quantitative estimate of drug-likeness (QED) is 0.768. The van der Waals surface area contributed by atoms with Gasteiger partial charge in [0.15, 0.2) is 0 Å². The molecule has 2 atom stereocenters. The summed E-state index contributed by atoms with van der Waals surface area (Å²) in [5, 5.41) is 0. The zero-order valence-corrected chi connectivity index (χ0v) is 13.1. The SMILES string of the molecule is CC1CCC(C)(COC(=O)Cc2ccccc2)C1(C)C. The van der Waals surface area contributed by atoms with Gasteiger partial charge in [0.25, 0.3) is 0 Å². The predicted octanol–water partition coefficient (Wildman–Crippen LogP) is 4.23. The third-order valence-corrected chi connectivity index (χ3v) is 5.66. The van der Waals surface area contributed by atoms with Crippen LogP contribution < -0.4 is 0 Å². The summed E-state index contributed by atoms with van der Waals surface area (Å²) in [5.74, 6) is 0.563. The second-order valence-corrected chi connectivity index (χ2v) is 7.05. The Balaban J connectivity index is 1.91. The maximum absolute atomic E-state index is 12.0. The van der Waals surface area contributed by atoms with E-state index in [9.17, 15) is 4.79 Å². The average molecular weight is 274 g/mol. The molecule has 1 fully saturated rings. The summed E-state index contributed by atoms with van der Waals surface area (Å²) < 4.78 is 5.58. The van der Waals surface area contributed by atoms with Crippen molar-refractivity contribution in [3.8, 4) is 0 Å². The van der Waals surface area contributed by atoms with Crippen LogP contribution >= 0.6 is 0 Å². The number of carbonyl (C=O) groups excluding carboxylic acids is 1. The number of hydrogen-bond acceptors (Lipinski definition) is 2. The smallest absolute Gasteiger partial charge is 0.310 e. The molecule has 1 saturated carbocycles. The fourth-order valence-electron chi connectivity index (χ4n) is 3.12. The van der Waals surface area contributed by atoms with Gasteiger partial charge in [-0.25, -0.2) is 0 Å². The van der Waals surface area contributed by atoms with E-state index in [0.29, 0.717) is 18.9 Å². The van der Waals surface area contributed by atoms with Gasteiger partial charge in [0.1, 0.15) is 0 Å². The zero-order chi connectivity index (χ0) is 14.8. The van der Waals surface area contributed by atoms with Crippen LogP contribution in [0.25, 0.3) is 0 Å². The van der Waals surface area contributed by atoms with Gasteiger partial charge in [0, 0.05) is 5.41 Å². The Morgan fingerprint density at radius 1 is 1.25 bits per heavy atom. The summed E-state index contributed by atoms with van der Waals surface area (Å²) in [6.45, 7) is 9.70. The first-order valence-corrected chi connectivity index (χ1v) is 7.55. The first-order valence-electron chi connectivity index (χ1n) is 7.55. The van der Waals surface area contributed by atoms with Crippen LogP contribution in [0.3, 0.4) is 0 Å². The van der Waals surface area contributed by atoms with Crippen LogP contribution in [0.5, 0.6) is 0 Å². The summed E-state index contributed by atoms with van der Waals surface area (Å²) in [6.07, 6.45) is 2.73. The maximum Gasteiger partial charge on any atom is 0.310 e. The van der Waals surface area contributed by atoms with E-state index in [1.807, 2.05) is 30.3 Å².